The van der Waals surface area contributed by atoms with Crippen molar-refractivity contribution in [1.29, 1.82) is 0 Å². The molecule has 0 radical (unpaired) electrons. The highest BCUT2D eigenvalue weighted by Crippen LogP contribution is 2.30. The maximum atomic E-state index is 11.8. The van der Waals surface area contributed by atoms with E-state index in [4.69, 9.17) is 5.11 Å². The molecular formula is C13H20N2O2S. The van der Waals surface area contributed by atoms with Crippen LogP contribution in [0.5, 0.6) is 0 Å². The summed E-state index contributed by atoms with van der Waals surface area (Å²) >= 11 is 1.89. The number of aromatic amines is 1. The van der Waals surface area contributed by atoms with E-state index in [-0.39, 0.29) is 12.2 Å². The molecule has 1 aliphatic rings. The summed E-state index contributed by atoms with van der Waals surface area (Å²) in [6.07, 6.45) is 5.61. The second-order valence-corrected chi connectivity index (χ2v) is 6.06. The van der Waals surface area contributed by atoms with Crippen LogP contribution in [0.4, 0.5) is 0 Å². The molecule has 0 unspecified atom stereocenters. The summed E-state index contributed by atoms with van der Waals surface area (Å²) in [6.45, 7) is 1.83. The van der Waals surface area contributed by atoms with Crippen molar-refractivity contribution in [2.45, 2.75) is 50.0 Å². The summed E-state index contributed by atoms with van der Waals surface area (Å²) < 4.78 is 0. The molecule has 0 bridgehead atoms. The van der Waals surface area contributed by atoms with Gasteiger partial charge in [0.1, 0.15) is 5.82 Å². The van der Waals surface area contributed by atoms with Gasteiger partial charge in [-0.3, -0.25) is 4.79 Å². The largest absolute Gasteiger partial charge is 0.396 e. The molecule has 0 saturated heterocycles. The summed E-state index contributed by atoms with van der Waals surface area (Å²) in [5, 5.41) is 9.63. The fourth-order valence-electron chi connectivity index (χ4n) is 2.40. The number of thioether (sulfide) groups is 1. The number of aromatic nitrogens is 2. The lowest BCUT2D eigenvalue weighted by molar-refractivity contribution is 0.298. The van der Waals surface area contributed by atoms with Crippen LogP contribution >= 0.6 is 11.8 Å². The number of H-pyrrole nitrogens is 1. The van der Waals surface area contributed by atoms with Gasteiger partial charge in [0.05, 0.1) is 5.75 Å². The van der Waals surface area contributed by atoms with Crippen LogP contribution in [-0.4, -0.2) is 26.9 Å². The zero-order valence-corrected chi connectivity index (χ0v) is 11.6. The summed E-state index contributed by atoms with van der Waals surface area (Å²) in [6, 6.07) is 0. The summed E-state index contributed by atoms with van der Waals surface area (Å²) in [5.41, 5.74) is 1.25. The van der Waals surface area contributed by atoms with E-state index in [9.17, 15) is 4.79 Å². The molecule has 1 fully saturated rings. The molecule has 0 aliphatic heterocycles. The second kappa shape index (κ2) is 6.38. The Hall–Kier alpha value is -0.810. The topological polar surface area (TPSA) is 66.0 Å². The Bertz CT molecular complexity index is 453. The smallest absolute Gasteiger partial charge is 0.254 e. The van der Waals surface area contributed by atoms with Crippen LogP contribution in [0.2, 0.25) is 0 Å². The monoisotopic (exact) mass is 268 g/mol. The molecule has 18 heavy (non-hydrogen) atoms. The molecule has 1 saturated carbocycles. The fraction of sp³-hybridized carbons (Fsp3) is 0.692. The van der Waals surface area contributed by atoms with Gasteiger partial charge in [0, 0.05) is 29.5 Å². The molecule has 2 rings (SSSR count). The van der Waals surface area contributed by atoms with Gasteiger partial charge < -0.3 is 10.1 Å². The Balaban J connectivity index is 2.02. The first-order valence-corrected chi connectivity index (χ1v) is 7.56. The summed E-state index contributed by atoms with van der Waals surface area (Å²) in [4.78, 5) is 19.1. The highest BCUT2D eigenvalue weighted by molar-refractivity contribution is 7.99. The first kappa shape index (κ1) is 13.6. The van der Waals surface area contributed by atoms with E-state index in [1.165, 1.54) is 25.7 Å². The van der Waals surface area contributed by atoms with Crippen LogP contribution in [0.1, 0.15) is 42.8 Å². The minimum Gasteiger partial charge on any atom is -0.396 e. The predicted molar refractivity (Wildman–Crippen MR) is 73.9 cm³/mol. The van der Waals surface area contributed by atoms with Gasteiger partial charge in [0.2, 0.25) is 0 Å². The summed E-state index contributed by atoms with van der Waals surface area (Å²) in [5.74, 6) is 1.54. The second-order valence-electron chi connectivity index (χ2n) is 4.77. The van der Waals surface area contributed by atoms with Crippen molar-refractivity contribution in [1.82, 2.24) is 9.97 Å². The molecule has 1 aromatic rings. The molecule has 100 valence electrons. The average Bonchev–Trinajstić information content (AvgIpc) is 2.84. The van der Waals surface area contributed by atoms with Gasteiger partial charge in [-0.1, -0.05) is 12.8 Å². The lowest BCUT2D eigenvalue weighted by Crippen LogP contribution is -2.20. The fourth-order valence-corrected chi connectivity index (χ4v) is 3.59. The quantitative estimate of drug-likeness (QED) is 0.854. The molecule has 2 N–H and O–H groups in total. The van der Waals surface area contributed by atoms with Gasteiger partial charge in [-0.15, -0.1) is 0 Å². The van der Waals surface area contributed by atoms with Gasteiger partial charge in [-0.25, -0.2) is 4.98 Å². The number of aliphatic hydroxyl groups is 1. The molecular weight excluding hydrogens is 248 g/mol. The summed E-state index contributed by atoms with van der Waals surface area (Å²) in [7, 11) is 0. The predicted octanol–water partition coefficient (Wildman–Crippen LogP) is 1.79. The molecule has 0 amide bonds. The number of aryl methyl sites for hydroxylation is 1. The third kappa shape index (κ3) is 3.36. The first-order valence-electron chi connectivity index (χ1n) is 6.52. The highest BCUT2D eigenvalue weighted by atomic mass is 32.2. The number of hydrogen-bond acceptors (Lipinski definition) is 4. The van der Waals surface area contributed by atoms with E-state index < -0.39 is 0 Å². The van der Waals surface area contributed by atoms with Crippen molar-refractivity contribution in [3.8, 4) is 0 Å². The molecule has 5 heteroatoms. The normalized spacial score (nSPS) is 16.3. The zero-order chi connectivity index (χ0) is 13.0. The van der Waals surface area contributed by atoms with Crippen LogP contribution in [-0.2, 0) is 12.2 Å². The third-order valence-corrected chi connectivity index (χ3v) is 4.77. The molecule has 0 aromatic carbocycles. The number of nitrogens with one attached hydrogen (secondary N) is 1. The maximum Gasteiger partial charge on any atom is 0.254 e. The SMILES string of the molecule is Cc1nc(CSC2CCCC2)[nH]c(=O)c1CCO. The van der Waals surface area contributed by atoms with Crippen molar-refractivity contribution >= 4 is 11.8 Å². The first-order chi connectivity index (χ1) is 8.70. The van der Waals surface area contributed by atoms with E-state index >= 15 is 0 Å². The van der Waals surface area contributed by atoms with E-state index in [0.29, 0.717) is 12.0 Å². The molecule has 1 aromatic heterocycles. The van der Waals surface area contributed by atoms with Crippen LogP contribution in [0.3, 0.4) is 0 Å². The van der Waals surface area contributed by atoms with Gasteiger partial charge in [-0.05, 0) is 19.8 Å². The Morgan fingerprint density at radius 1 is 1.44 bits per heavy atom. The molecule has 0 spiro atoms. The minimum atomic E-state index is -0.0985. The van der Waals surface area contributed by atoms with Gasteiger partial charge in [0.25, 0.3) is 5.56 Å². The number of hydrogen-bond donors (Lipinski definition) is 2. The van der Waals surface area contributed by atoms with Crippen molar-refractivity contribution in [3.63, 3.8) is 0 Å². The molecule has 0 atom stereocenters. The molecule has 1 heterocycles. The van der Waals surface area contributed by atoms with Crippen molar-refractivity contribution < 1.29 is 5.11 Å². The Morgan fingerprint density at radius 2 is 2.17 bits per heavy atom. The minimum absolute atomic E-state index is 0.0121. The standard InChI is InChI=1S/C13H20N2O2S/c1-9-11(6-7-16)13(17)15-12(14-9)8-18-10-4-2-3-5-10/h10,16H,2-8H2,1H3,(H,14,15,17). The third-order valence-electron chi connectivity index (χ3n) is 3.39. The van der Waals surface area contributed by atoms with Crippen LogP contribution in [0.25, 0.3) is 0 Å². The average molecular weight is 268 g/mol. The van der Waals surface area contributed by atoms with Gasteiger partial charge in [-0.2, -0.15) is 11.8 Å². The van der Waals surface area contributed by atoms with Crippen molar-refractivity contribution in [2.24, 2.45) is 0 Å². The zero-order valence-electron chi connectivity index (χ0n) is 10.7. The number of rotatable bonds is 5. The van der Waals surface area contributed by atoms with Crippen LogP contribution < -0.4 is 5.56 Å². The Labute approximate surface area is 111 Å². The Morgan fingerprint density at radius 3 is 2.78 bits per heavy atom. The van der Waals surface area contributed by atoms with Gasteiger partial charge >= 0.3 is 0 Å². The van der Waals surface area contributed by atoms with E-state index in [1.807, 2.05) is 18.7 Å². The van der Waals surface area contributed by atoms with E-state index in [2.05, 4.69) is 9.97 Å². The number of nitrogens with zero attached hydrogens (tertiary/aromatic N) is 1. The van der Waals surface area contributed by atoms with Crippen molar-refractivity contribution in [3.05, 3.63) is 27.4 Å². The van der Waals surface area contributed by atoms with E-state index in [1.54, 1.807) is 0 Å². The van der Waals surface area contributed by atoms with Crippen molar-refractivity contribution in [2.75, 3.05) is 6.61 Å². The number of aliphatic hydroxyl groups excluding tert-OH is 1. The van der Waals surface area contributed by atoms with E-state index in [0.717, 1.165) is 22.5 Å². The van der Waals surface area contributed by atoms with Gasteiger partial charge in [0.15, 0.2) is 0 Å². The molecule has 4 nitrogen and oxygen atoms in total. The van der Waals surface area contributed by atoms with Crippen LogP contribution in [0, 0.1) is 6.92 Å². The van der Waals surface area contributed by atoms with Crippen LogP contribution in [0.15, 0.2) is 4.79 Å². The Kier molecular flexibility index (Phi) is 4.83. The molecule has 1 aliphatic carbocycles. The maximum absolute atomic E-state index is 11.8. The highest BCUT2D eigenvalue weighted by Gasteiger charge is 2.16. The lowest BCUT2D eigenvalue weighted by atomic mass is 10.2. The lowest BCUT2D eigenvalue weighted by Gasteiger charge is -2.09.